The van der Waals surface area contributed by atoms with Crippen LogP contribution in [0.25, 0.3) is 0 Å². The Morgan fingerprint density at radius 2 is 2.17 bits per heavy atom. The Hall–Kier alpha value is -1.06. The van der Waals surface area contributed by atoms with E-state index >= 15 is 0 Å². The highest BCUT2D eigenvalue weighted by Crippen LogP contribution is 2.33. The van der Waals surface area contributed by atoms with Crippen molar-refractivity contribution in [2.75, 3.05) is 27.2 Å². The van der Waals surface area contributed by atoms with Gasteiger partial charge in [-0.3, -0.25) is 0 Å². The molecular formula is C15H24N2O. The van der Waals surface area contributed by atoms with E-state index in [-0.39, 0.29) is 0 Å². The van der Waals surface area contributed by atoms with Crippen molar-refractivity contribution in [1.82, 2.24) is 4.90 Å². The van der Waals surface area contributed by atoms with E-state index in [4.69, 9.17) is 10.5 Å². The Bertz CT molecular complexity index is 403. The average molecular weight is 248 g/mol. The molecule has 0 bridgehead atoms. The summed E-state index contributed by atoms with van der Waals surface area (Å²) in [6, 6.07) is 7.05. The van der Waals surface area contributed by atoms with Gasteiger partial charge in [-0.2, -0.15) is 0 Å². The van der Waals surface area contributed by atoms with Crippen LogP contribution in [0.3, 0.4) is 0 Å². The Labute approximate surface area is 110 Å². The lowest BCUT2D eigenvalue weighted by molar-refractivity contribution is 0.216. The van der Waals surface area contributed by atoms with Crippen molar-refractivity contribution < 1.29 is 4.74 Å². The molecule has 2 rings (SSSR count). The second-order valence-corrected chi connectivity index (χ2v) is 5.43. The Kier molecular flexibility index (Phi) is 4.25. The number of hydrogen-bond acceptors (Lipinski definition) is 3. The molecule has 0 saturated carbocycles. The lowest BCUT2D eigenvalue weighted by atomic mass is 9.90. The van der Waals surface area contributed by atoms with E-state index in [1.165, 1.54) is 11.1 Å². The number of fused-ring (bicyclic) bond motifs is 1. The average Bonchev–Trinajstić information content (AvgIpc) is 2.76. The van der Waals surface area contributed by atoms with E-state index in [1.807, 2.05) is 0 Å². The fourth-order valence-corrected chi connectivity index (χ4v) is 2.95. The molecule has 1 aromatic carbocycles. The minimum absolute atomic E-state index is 0.430. The summed E-state index contributed by atoms with van der Waals surface area (Å²) >= 11 is 0. The predicted molar refractivity (Wildman–Crippen MR) is 74.9 cm³/mol. The Balaban J connectivity index is 2.25. The molecule has 0 spiro atoms. The molecule has 1 aliphatic rings. The smallest absolute Gasteiger partial charge is 0.122 e. The SMILES string of the molecule is CC(CCN)C(c1ccc2c(c1)CCO2)N(C)C. The summed E-state index contributed by atoms with van der Waals surface area (Å²) in [4.78, 5) is 2.29. The summed E-state index contributed by atoms with van der Waals surface area (Å²) in [6.45, 7) is 3.85. The second kappa shape index (κ2) is 5.72. The summed E-state index contributed by atoms with van der Waals surface area (Å²) in [5, 5.41) is 0. The molecule has 3 heteroatoms. The molecular weight excluding hydrogens is 224 g/mol. The number of ether oxygens (including phenoxy) is 1. The molecule has 3 nitrogen and oxygen atoms in total. The van der Waals surface area contributed by atoms with Crippen molar-refractivity contribution in [2.24, 2.45) is 11.7 Å². The standard InChI is InChI=1S/C15H24N2O/c1-11(6-8-16)15(17(2)3)13-4-5-14-12(10-13)7-9-18-14/h4-5,10-11,15H,6-9,16H2,1-3H3. The molecule has 0 aromatic heterocycles. The second-order valence-electron chi connectivity index (χ2n) is 5.43. The fraction of sp³-hybridized carbons (Fsp3) is 0.600. The molecule has 0 radical (unpaired) electrons. The van der Waals surface area contributed by atoms with Gasteiger partial charge in [-0.05, 0) is 50.2 Å². The number of benzene rings is 1. The summed E-state index contributed by atoms with van der Waals surface area (Å²) in [6.07, 6.45) is 2.09. The highest BCUT2D eigenvalue weighted by molar-refractivity contribution is 5.40. The highest BCUT2D eigenvalue weighted by atomic mass is 16.5. The maximum Gasteiger partial charge on any atom is 0.122 e. The van der Waals surface area contributed by atoms with Crippen LogP contribution in [-0.2, 0) is 6.42 Å². The zero-order valence-corrected chi connectivity index (χ0v) is 11.6. The van der Waals surface area contributed by atoms with Crippen LogP contribution in [0.2, 0.25) is 0 Å². The number of rotatable bonds is 5. The molecule has 0 fully saturated rings. The van der Waals surface area contributed by atoms with Gasteiger partial charge in [-0.1, -0.05) is 19.1 Å². The number of hydrogen-bond donors (Lipinski definition) is 1. The van der Waals surface area contributed by atoms with Crippen LogP contribution >= 0.6 is 0 Å². The first-order valence-electron chi connectivity index (χ1n) is 6.75. The van der Waals surface area contributed by atoms with Gasteiger partial charge in [0.15, 0.2) is 0 Å². The zero-order valence-electron chi connectivity index (χ0n) is 11.6. The first-order chi connectivity index (χ1) is 8.63. The van der Waals surface area contributed by atoms with Gasteiger partial charge >= 0.3 is 0 Å². The van der Waals surface area contributed by atoms with Crippen LogP contribution in [0, 0.1) is 5.92 Å². The lowest BCUT2D eigenvalue weighted by Crippen LogP contribution is -2.27. The van der Waals surface area contributed by atoms with Crippen LogP contribution in [-0.4, -0.2) is 32.1 Å². The zero-order chi connectivity index (χ0) is 13.1. The third kappa shape index (κ3) is 2.68. The van der Waals surface area contributed by atoms with Crippen LogP contribution < -0.4 is 10.5 Å². The van der Waals surface area contributed by atoms with E-state index in [1.54, 1.807) is 0 Å². The maximum atomic E-state index is 5.70. The van der Waals surface area contributed by atoms with Crippen molar-refractivity contribution >= 4 is 0 Å². The minimum Gasteiger partial charge on any atom is -0.493 e. The van der Waals surface area contributed by atoms with Gasteiger partial charge in [0, 0.05) is 12.5 Å². The lowest BCUT2D eigenvalue weighted by Gasteiger charge is -2.30. The first kappa shape index (κ1) is 13.4. The normalized spacial score (nSPS) is 17.4. The molecule has 0 aliphatic carbocycles. The Morgan fingerprint density at radius 3 is 2.83 bits per heavy atom. The van der Waals surface area contributed by atoms with Crippen LogP contribution in [0.4, 0.5) is 0 Å². The van der Waals surface area contributed by atoms with Crippen LogP contribution in [0.5, 0.6) is 5.75 Å². The van der Waals surface area contributed by atoms with Gasteiger partial charge in [0.2, 0.25) is 0 Å². The molecule has 18 heavy (non-hydrogen) atoms. The van der Waals surface area contributed by atoms with Crippen molar-refractivity contribution in [3.63, 3.8) is 0 Å². The number of nitrogens with two attached hydrogens (primary N) is 1. The molecule has 1 aromatic rings. The highest BCUT2D eigenvalue weighted by Gasteiger charge is 2.23. The quantitative estimate of drug-likeness (QED) is 0.868. The van der Waals surface area contributed by atoms with Crippen molar-refractivity contribution in [3.8, 4) is 5.75 Å². The van der Waals surface area contributed by atoms with Crippen LogP contribution in [0.1, 0.15) is 30.5 Å². The van der Waals surface area contributed by atoms with Crippen molar-refractivity contribution in [3.05, 3.63) is 29.3 Å². The molecule has 2 unspecified atom stereocenters. The maximum absolute atomic E-state index is 5.70. The van der Waals surface area contributed by atoms with Gasteiger partial charge in [0.05, 0.1) is 6.61 Å². The van der Waals surface area contributed by atoms with E-state index in [0.29, 0.717) is 12.0 Å². The van der Waals surface area contributed by atoms with Gasteiger partial charge in [-0.25, -0.2) is 0 Å². The molecule has 2 N–H and O–H groups in total. The molecule has 100 valence electrons. The van der Waals surface area contributed by atoms with E-state index in [0.717, 1.165) is 31.7 Å². The third-order valence-electron chi connectivity index (χ3n) is 3.77. The molecule has 2 atom stereocenters. The Morgan fingerprint density at radius 1 is 1.39 bits per heavy atom. The van der Waals surface area contributed by atoms with E-state index < -0.39 is 0 Å². The monoisotopic (exact) mass is 248 g/mol. The van der Waals surface area contributed by atoms with Gasteiger partial charge in [0.25, 0.3) is 0 Å². The largest absolute Gasteiger partial charge is 0.493 e. The van der Waals surface area contributed by atoms with Crippen LogP contribution in [0.15, 0.2) is 18.2 Å². The van der Waals surface area contributed by atoms with E-state index in [9.17, 15) is 0 Å². The molecule has 1 aliphatic heterocycles. The number of nitrogens with zero attached hydrogens (tertiary/aromatic N) is 1. The summed E-state index contributed by atoms with van der Waals surface area (Å²) in [5.74, 6) is 1.62. The summed E-state index contributed by atoms with van der Waals surface area (Å²) < 4.78 is 5.57. The van der Waals surface area contributed by atoms with Crippen molar-refractivity contribution in [1.29, 1.82) is 0 Å². The van der Waals surface area contributed by atoms with Crippen molar-refractivity contribution in [2.45, 2.75) is 25.8 Å². The minimum atomic E-state index is 0.430. The van der Waals surface area contributed by atoms with Gasteiger partial charge < -0.3 is 15.4 Å². The molecule has 0 saturated heterocycles. The molecule has 1 heterocycles. The van der Waals surface area contributed by atoms with E-state index in [2.05, 4.69) is 44.1 Å². The summed E-state index contributed by atoms with van der Waals surface area (Å²) in [5.41, 5.74) is 8.42. The summed E-state index contributed by atoms with van der Waals surface area (Å²) in [7, 11) is 4.28. The third-order valence-corrected chi connectivity index (χ3v) is 3.77. The topological polar surface area (TPSA) is 38.5 Å². The fourth-order valence-electron chi connectivity index (χ4n) is 2.95. The molecule has 0 amide bonds. The van der Waals surface area contributed by atoms with Gasteiger partial charge in [0.1, 0.15) is 5.75 Å². The van der Waals surface area contributed by atoms with Gasteiger partial charge in [-0.15, -0.1) is 0 Å². The first-order valence-corrected chi connectivity index (χ1v) is 6.75. The predicted octanol–water partition coefficient (Wildman–Crippen LogP) is 2.21.